The van der Waals surface area contributed by atoms with E-state index in [1.165, 1.54) is 0 Å². The number of nitrogens with two attached hydrogens (primary N) is 1. The summed E-state index contributed by atoms with van der Waals surface area (Å²) in [6.45, 7) is 0. The Morgan fingerprint density at radius 3 is 2.42 bits per heavy atom. The van der Waals surface area contributed by atoms with E-state index < -0.39 is 17.4 Å². The predicted molar refractivity (Wildman–Crippen MR) is 72.6 cm³/mol. The third-order valence-corrected chi connectivity index (χ3v) is 3.97. The summed E-state index contributed by atoms with van der Waals surface area (Å²) in [6, 6.07) is 16.9. The Morgan fingerprint density at radius 1 is 1.11 bits per heavy atom. The molecular formula is C16H15NO2. The molecule has 2 atom stereocenters. The number of carbonyl (C=O) groups is 1. The summed E-state index contributed by atoms with van der Waals surface area (Å²) in [4.78, 5) is 12.2. The number of fused-ring (bicyclic) bond motifs is 1. The molecule has 96 valence electrons. The molecule has 3 nitrogen and oxygen atoms in total. The van der Waals surface area contributed by atoms with Crippen LogP contribution < -0.4 is 5.73 Å². The first-order chi connectivity index (χ1) is 9.17. The summed E-state index contributed by atoms with van der Waals surface area (Å²) in [5, 5.41) is 10.5. The van der Waals surface area contributed by atoms with Crippen LogP contribution in [0.3, 0.4) is 0 Å². The fourth-order valence-corrected chi connectivity index (χ4v) is 3.11. The van der Waals surface area contributed by atoms with Gasteiger partial charge in [0, 0.05) is 6.42 Å². The van der Waals surface area contributed by atoms with Crippen LogP contribution in [0.4, 0.5) is 0 Å². The second-order valence-corrected chi connectivity index (χ2v) is 4.92. The lowest BCUT2D eigenvalue weighted by atomic mass is 9.73. The van der Waals surface area contributed by atoms with Crippen LogP contribution in [-0.2, 0) is 16.6 Å². The van der Waals surface area contributed by atoms with Crippen LogP contribution >= 0.6 is 0 Å². The Kier molecular flexibility index (Phi) is 2.64. The normalized spacial score (nSPS) is 25.0. The number of carbonyl (C=O) groups excluding carboxylic acids is 1. The summed E-state index contributed by atoms with van der Waals surface area (Å²) in [7, 11) is 0. The lowest BCUT2D eigenvalue weighted by molar-refractivity contribution is -0.125. The summed E-state index contributed by atoms with van der Waals surface area (Å²) in [6.07, 6.45) is -0.363. The number of amides is 1. The molecule has 1 aliphatic carbocycles. The molecule has 2 aromatic carbocycles. The molecule has 1 aliphatic rings. The lowest BCUT2D eigenvalue weighted by Crippen LogP contribution is -2.48. The lowest BCUT2D eigenvalue weighted by Gasteiger charge is -2.31. The Hall–Kier alpha value is -2.13. The maximum atomic E-state index is 12.2. The van der Waals surface area contributed by atoms with Gasteiger partial charge in [-0.1, -0.05) is 54.6 Å². The monoisotopic (exact) mass is 253 g/mol. The third-order valence-electron chi connectivity index (χ3n) is 3.97. The maximum absolute atomic E-state index is 12.2. The van der Waals surface area contributed by atoms with E-state index in [1.54, 1.807) is 0 Å². The van der Waals surface area contributed by atoms with Crippen LogP contribution in [0.5, 0.6) is 0 Å². The van der Waals surface area contributed by atoms with E-state index in [4.69, 9.17) is 5.73 Å². The summed E-state index contributed by atoms with van der Waals surface area (Å²) in [5.74, 6) is -0.504. The van der Waals surface area contributed by atoms with Gasteiger partial charge < -0.3 is 10.8 Å². The second-order valence-electron chi connectivity index (χ2n) is 4.92. The third kappa shape index (κ3) is 1.52. The molecule has 0 spiro atoms. The molecular weight excluding hydrogens is 238 g/mol. The summed E-state index contributed by atoms with van der Waals surface area (Å²) >= 11 is 0. The van der Waals surface area contributed by atoms with E-state index in [9.17, 15) is 9.90 Å². The van der Waals surface area contributed by atoms with E-state index in [0.29, 0.717) is 6.42 Å². The largest absolute Gasteiger partial charge is 0.391 e. The number of benzene rings is 2. The molecule has 3 rings (SSSR count). The van der Waals surface area contributed by atoms with Gasteiger partial charge >= 0.3 is 0 Å². The van der Waals surface area contributed by atoms with E-state index >= 15 is 0 Å². The number of rotatable bonds is 2. The van der Waals surface area contributed by atoms with Crippen LogP contribution in [0, 0.1) is 0 Å². The van der Waals surface area contributed by atoms with Crippen molar-refractivity contribution in [3.05, 3.63) is 71.3 Å². The van der Waals surface area contributed by atoms with Crippen molar-refractivity contribution < 1.29 is 9.90 Å². The van der Waals surface area contributed by atoms with Crippen LogP contribution in [0.1, 0.15) is 16.7 Å². The van der Waals surface area contributed by atoms with Gasteiger partial charge in [-0.05, 0) is 16.7 Å². The SMILES string of the molecule is NC(=O)C1(c2ccccc2)c2ccccc2CC1O. The summed E-state index contributed by atoms with van der Waals surface area (Å²) < 4.78 is 0. The molecule has 3 heteroatoms. The van der Waals surface area contributed by atoms with Crippen molar-refractivity contribution in [1.82, 2.24) is 0 Å². The van der Waals surface area contributed by atoms with Crippen molar-refractivity contribution in [3.63, 3.8) is 0 Å². The molecule has 2 unspecified atom stereocenters. The average Bonchev–Trinajstić information content (AvgIpc) is 2.72. The van der Waals surface area contributed by atoms with E-state index in [1.807, 2.05) is 54.6 Å². The molecule has 0 bridgehead atoms. The van der Waals surface area contributed by atoms with Gasteiger partial charge in [0.25, 0.3) is 0 Å². The first-order valence-corrected chi connectivity index (χ1v) is 6.29. The fourth-order valence-electron chi connectivity index (χ4n) is 3.11. The Bertz CT molecular complexity index is 624. The molecule has 0 aromatic heterocycles. The summed E-state index contributed by atoms with van der Waals surface area (Å²) in [5.41, 5.74) is 7.10. The van der Waals surface area contributed by atoms with Gasteiger partial charge in [0.2, 0.25) is 5.91 Å². The van der Waals surface area contributed by atoms with Crippen LogP contribution in [-0.4, -0.2) is 17.1 Å². The number of aliphatic hydroxyl groups is 1. The van der Waals surface area contributed by atoms with E-state index in [-0.39, 0.29) is 0 Å². The Labute approximate surface area is 111 Å². The van der Waals surface area contributed by atoms with Gasteiger partial charge in [0.1, 0.15) is 5.41 Å². The number of aliphatic hydroxyl groups excluding tert-OH is 1. The molecule has 0 fully saturated rings. The van der Waals surface area contributed by atoms with Gasteiger partial charge in [0.05, 0.1) is 6.10 Å². The Morgan fingerprint density at radius 2 is 1.74 bits per heavy atom. The molecule has 0 radical (unpaired) electrons. The van der Waals surface area contributed by atoms with Gasteiger partial charge in [-0.3, -0.25) is 4.79 Å². The zero-order chi connectivity index (χ0) is 13.5. The van der Waals surface area contributed by atoms with Crippen molar-refractivity contribution in [1.29, 1.82) is 0 Å². The highest BCUT2D eigenvalue weighted by molar-refractivity contribution is 5.93. The van der Waals surface area contributed by atoms with Gasteiger partial charge in [-0.2, -0.15) is 0 Å². The van der Waals surface area contributed by atoms with Crippen molar-refractivity contribution >= 4 is 5.91 Å². The number of hydrogen-bond donors (Lipinski definition) is 2. The first-order valence-electron chi connectivity index (χ1n) is 6.29. The second kappa shape index (κ2) is 4.21. The van der Waals surface area contributed by atoms with E-state index in [2.05, 4.69) is 0 Å². The zero-order valence-electron chi connectivity index (χ0n) is 10.4. The van der Waals surface area contributed by atoms with Gasteiger partial charge in [-0.25, -0.2) is 0 Å². The van der Waals surface area contributed by atoms with Crippen molar-refractivity contribution in [2.45, 2.75) is 17.9 Å². The van der Waals surface area contributed by atoms with Crippen molar-refractivity contribution in [2.24, 2.45) is 5.73 Å². The molecule has 2 aromatic rings. The standard InChI is InChI=1S/C16H15NO2/c17-15(19)16(12-7-2-1-3-8-12)13-9-5-4-6-11(13)10-14(16)18/h1-9,14,18H,10H2,(H2,17,19). The molecule has 1 amide bonds. The smallest absolute Gasteiger partial charge is 0.235 e. The van der Waals surface area contributed by atoms with Gasteiger partial charge in [-0.15, -0.1) is 0 Å². The van der Waals surface area contributed by atoms with E-state index in [0.717, 1.165) is 16.7 Å². The highest BCUT2D eigenvalue weighted by Gasteiger charge is 2.52. The Balaban J connectivity index is 2.31. The quantitative estimate of drug-likeness (QED) is 0.849. The molecule has 19 heavy (non-hydrogen) atoms. The minimum Gasteiger partial charge on any atom is -0.391 e. The fraction of sp³-hybridized carbons (Fsp3) is 0.188. The van der Waals surface area contributed by atoms with Crippen LogP contribution in [0.15, 0.2) is 54.6 Å². The van der Waals surface area contributed by atoms with Gasteiger partial charge in [0.15, 0.2) is 0 Å². The highest BCUT2D eigenvalue weighted by atomic mass is 16.3. The molecule has 0 aliphatic heterocycles. The maximum Gasteiger partial charge on any atom is 0.235 e. The number of hydrogen-bond acceptors (Lipinski definition) is 2. The molecule has 3 N–H and O–H groups in total. The predicted octanol–water partition coefficient (Wildman–Crippen LogP) is 1.37. The minimum absolute atomic E-state index is 0.452. The molecule has 0 saturated heterocycles. The topological polar surface area (TPSA) is 63.3 Å². The molecule has 0 saturated carbocycles. The average molecular weight is 253 g/mol. The van der Waals surface area contributed by atoms with Crippen LogP contribution in [0.2, 0.25) is 0 Å². The first kappa shape index (κ1) is 11.9. The highest BCUT2D eigenvalue weighted by Crippen LogP contribution is 2.44. The van der Waals surface area contributed by atoms with Crippen molar-refractivity contribution in [3.8, 4) is 0 Å². The van der Waals surface area contributed by atoms with Crippen molar-refractivity contribution in [2.75, 3.05) is 0 Å². The molecule has 0 heterocycles. The number of primary amides is 1. The minimum atomic E-state index is -1.13. The van der Waals surface area contributed by atoms with Crippen LogP contribution in [0.25, 0.3) is 0 Å². The zero-order valence-corrected chi connectivity index (χ0v) is 10.4.